The van der Waals surface area contributed by atoms with Crippen molar-refractivity contribution in [2.24, 2.45) is 5.10 Å². The van der Waals surface area contributed by atoms with Gasteiger partial charge in [-0.25, -0.2) is 10.2 Å². The number of methoxy groups -OCH3 is 2. The third-order valence-electron chi connectivity index (χ3n) is 3.69. The van der Waals surface area contributed by atoms with Gasteiger partial charge in [-0.3, -0.25) is 4.79 Å². The van der Waals surface area contributed by atoms with E-state index < -0.39 is 18.0 Å². The molecule has 29 heavy (non-hydrogen) atoms. The van der Waals surface area contributed by atoms with Crippen molar-refractivity contribution in [1.82, 2.24) is 5.43 Å². The summed E-state index contributed by atoms with van der Waals surface area (Å²) >= 11 is 0. The number of nitrogens with one attached hydrogen (secondary N) is 1. The molecule has 1 amide bonds. The second kappa shape index (κ2) is 10.5. The van der Waals surface area contributed by atoms with E-state index in [4.69, 9.17) is 24.1 Å². The summed E-state index contributed by atoms with van der Waals surface area (Å²) in [5, 5.41) is 12.9. The first-order chi connectivity index (χ1) is 13.9. The molecular weight excluding hydrogens is 380 g/mol. The first-order valence-corrected chi connectivity index (χ1v) is 8.59. The van der Waals surface area contributed by atoms with Gasteiger partial charge in [0.2, 0.25) is 0 Å². The van der Waals surface area contributed by atoms with Crippen LogP contribution in [0.5, 0.6) is 23.0 Å². The number of para-hydroxylation sites is 1. The molecule has 0 unspecified atom stereocenters. The van der Waals surface area contributed by atoms with Gasteiger partial charge in [-0.05, 0) is 43.3 Å². The molecule has 0 saturated carbocycles. The monoisotopic (exact) mass is 402 g/mol. The lowest BCUT2D eigenvalue weighted by Crippen LogP contribution is -2.25. The largest absolute Gasteiger partial charge is 0.497 e. The Morgan fingerprint density at radius 1 is 1.10 bits per heavy atom. The van der Waals surface area contributed by atoms with E-state index in [2.05, 4.69) is 10.5 Å². The van der Waals surface area contributed by atoms with Crippen molar-refractivity contribution in [2.45, 2.75) is 13.0 Å². The molecule has 0 radical (unpaired) electrons. The van der Waals surface area contributed by atoms with E-state index in [0.717, 1.165) is 0 Å². The van der Waals surface area contributed by atoms with Crippen molar-refractivity contribution < 1.29 is 33.6 Å². The fourth-order valence-electron chi connectivity index (χ4n) is 2.18. The van der Waals surface area contributed by atoms with Crippen LogP contribution in [0.25, 0.3) is 0 Å². The molecular formula is C20H22N2O7. The van der Waals surface area contributed by atoms with E-state index in [1.807, 2.05) is 0 Å². The van der Waals surface area contributed by atoms with Crippen molar-refractivity contribution in [2.75, 3.05) is 20.8 Å². The van der Waals surface area contributed by atoms with Gasteiger partial charge in [-0.1, -0.05) is 6.07 Å². The van der Waals surface area contributed by atoms with Crippen molar-refractivity contribution in [3.63, 3.8) is 0 Å². The Labute approximate surface area is 167 Å². The second-order valence-electron chi connectivity index (χ2n) is 5.73. The van der Waals surface area contributed by atoms with Crippen molar-refractivity contribution in [3.05, 3.63) is 48.0 Å². The summed E-state index contributed by atoms with van der Waals surface area (Å²) < 4.78 is 21.1. The number of aliphatic carboxylic acids is 1. The molecule has 0 aliphatic carbocycles. The lowest BCUT2D eigenvalue weighted by molar-refractivity contribution is -0.144. The van der Waals surface area contributed by atoms with E-state index in [-0.39, 0.29) is 12.4 Å². The Morgan fingerprint density at radius 2 is 1.79 bits per heavy atom. The maximum absolute atomic E-state index is 11.9. The lowest BCUT2D eigenvalue weighted by Gasteiger charge is -2.15. The van der Waals surface area contributed by atoms with Crippen molar-refractivity contribution >= 4 is 18.1 Å². The number of benzene rings is 2. The normalized spacial score (nSPS) is 11.6. The van der Waals surface area contributed by atoms with Gasteiger partial charge in [0, 0.05) is 5.56 Å². The number of amides is 1. The molecule has 154 valence electrons. The third-order valence-corrected chi connectivity index (χ3v) is 3.69. The summed E-state index contributed by atoms with van der Waals surface area (Å²) in [4.78, 5) is 23.0. The number of ether oxygens (including phenoxy) is 4. The van der Waals surface area contributed by atoms with Crippen LogP contribution < -0.4 is 24.4 Å². The summed E-state index contributed by atoms with van der Waals surface area (Å²) in [6, 6.07) is 11.8. The Kier molecular flexibility index (Phi) is 7.84. The number of hydrogen-bond donors (Lipinski definition) is 2. The highest BCUT2D eigenvalue weighted by Crippen LogP contribution is 2.31. The van der Waals surface area contributed by atoms with Crippen LogP contribution in [-0.4, -0.2) is 50.1 Å². The summed E-state index contributed by atoms with van der Waals surface area (Å²) in [5.41, 5.74) is 2.77. The van der Waals surface area contributed by atoms with Gasteiger partial charge in [0.25, 0.3) is 5.91 Å². The molecule has 2 N–H and O–H groups in total. The molecule has 2 rings (SSSR count). The SMILES string of the molecule is COc1ccc(OCC(=O)N/N=C/c2cccc(OC)c2O[C@H](C)C(=O)O)cc1. The topological polar surface area (TPSA) is 116 Å². The Bertz CT molecular complexity index is 866. The zero-order valence-corrected chi connectivity index (χ0v) is 16.2. The number of carbonyl (C=O) groups excluding carboxylic acids is 1. The molecule has 2 aromatic rings. The smallest absolute Gasteiger partial charge is 0.344 e. The number of carboxylic acids is 1. The number of hydrazone groups is 1. The molecule has 0 heterocycles. The minimum absolute atomic E-state index is 0.206. The number of carboxylic acid groups (broad SMARTS) is 1. The highest BCUT2D eigenvalue weighted by atomic mass is 16.5. The van der Waals surface area contributed by atoms with Crippen molar-refractivity contribution in [3.8, 4) is 23.0 Å². The number of hydrogen-bond acceptors (Lipinski definition) is 7. The minimum atomic E-state index is -1.12. The maximum atomic E-state index is 11.9. The number of carbonyl (C=O) groups is 2. The van der Waals surface area contributed by atoms with Crippen LogP contribution in [0, 0.1) is 0 Å². The van der Waals surface area contributed by atoms with Gasteiger partial charge in [0.1, 0.15) is 11.5 Å². The quantitative estimate of drug-likeness (QED) is 0.462. The summed E-state index contributed by atoms with van der Waals surface area (Å²) in [5.74, 6) is 0.147. The molecule has 1 atom stereocenters. The zero-order valence-electron chi connectivity index (χ0n) is 16.2. The molecule has 9 nitrogen and oxygen atoms in total. The lowest BCUT2D eigenvalue weighted by atomic mass is 10.2. The molecule has 0 aliphatic rings. The average molecular weight is 402 g/mol. The van der Waals surface area contributed by atoms with Gasteiger partial charge in [-0.2, -0.15) is 5.10 Å². The predicted molar refractivity (Wildman–Crippen MR) is 105 cm³/mol. The molecule has 9 heteroatoms. The van der Waals surface area contributed by atoms with Gasteiger partial charge in [-0.15, -0.1) is 0 Å². The van der Waals surface area contributed by atoms with E-state index in [1.54, 1.807) is 49.6 Å². The van der Waals surface area contributed by atoms with Crippen LogP contribution in [0.15, 0.2) is 47.6 Å². The van der Waals surface area contributed by atoms with Gasteiger partial charge < -0.3 is 24.1 Å². The highest BCUT2D eigenvalue weighted by molar-refractivity contribution is 5.87. The number of rotatable bonds is 10. The first-order valence-electron chi connectivity index (χ1n) is 8.59. The summed E-state index contributed by atoms with van der Waals surface area (Å²) in [7, 11) is 3.00. The predicted octanol–water partition coefficient (Wildman–Crippen LogP) is 2.08. The van der Waals surface area contributed by atoms with Gasteiger partial charge in [0.15, 0.2) is 24.2 Å². The molecule has 0 aromatic heterocycles. The van der Waals surface area contributed by atoms with Gasteiger partial charge in [0.05, 0.1) is 20.4 Å². The standard InChI is InChI=1S/C20H22N2O7/c1-13(20(24)25)29-19-14(5-4-6-17(19)27-3)11-21-22-18(23)12-28-16-9-7-15(26-2)8-10-16/h4-11,13H,12H2,1-3H3,(H,22,23)(H,24,25)/b21-11+/t13-/m1/s1. The maximum Gasteiger partial charge on any atom is 0.344 e. The van der Waals surface area contributed by atoms with Crippen LogP contribution in [0.3, 0.4) is 0 Å². The van der Waals surface area contributed by atoms with Crippen molar-refractivity contribution in [1.29, 1.82) is 0 Å². The number of nitrogens with zero attached hydrogens (tertiary/aromatic N) is 1. The van der Waals surface area contributed by atoms with Crippen LogP contribution in [0.4, 0.5) is 0 Å². The molecule has 0 bridgehead atoms. The summed E-state index contributed by atoms with van der Waals surface area (Å²) in [6.07, 6.45) is 0.239. The van der Waals surface area contributed by atoms with E-state index in [9.17, 15) is 9.59 Å². The highest BCUT2D eigenvalue weighted by Gasteiger charge is 2.18. The minimum Gasteiger partial charge on any atom is -0.497 e. The van der Waals surface area contributed by atoms with E-state index in [1.165, 1.54) is 20.2 Å². The average Bonchev–Trinajstić information content (AvgIpc) is 2.73. The molecule has 0 aliphatic heterocycles. The Hall–Kier alpha value is -3.75. The zero-order chi connectivity index (χ0) is 21.2. The summed E-state index contributed by atoms with van der Waals surface area (Å²) in [6.45, 7) is 1.16. The first kappa shape index (κ1) is 21.5. The molecule has 0 spiro atoms. The Morgan fingerprint density at radius 3 is 2.41 bits per heavy atom. The Balaban J connectivity index is 1.97. The molecule has 0 fully saturated rings. The van der Waals surface area contributed by atoms with E-state index >= 15 is 0 Å². The van der Waals surface area contributed by atoms with Crippen LogP contribution in [0.1, 0.15) is 12.5 Å². The molecule has 2 aromatic carbocycles. The van der Waals surface area contributed by atoms with Crippen LogP contribution in [0.2, 0.25) is 0 Å². The van der Waals surface area contributed by atoms with Crippen LogP contribution >= 0.6 is 0 Å². The molecule has 0 saturated heterocycles. The second-order valence-corrected chi connectivity index (χ2v) is 5.73. The van der Waals surface area contributed by atoms with Crippen LogP contribution in [-0.2, 0) is 9.59 Å². The fourth-order valence-corrected chi connectivity index (χ4v) is 2.18. The van der Waals surface area contributed by atoms with Gasteiger partial charge >= 0.3 is 5.97 Å². The van der Waals surface area contributed by atoms with E-state index in [0.29, 0.717) is 22.8 Å². The fraction of sp³-hybridized carbons (Fsp3) is 0.250. The third kappa shape index (κ3) is 6.42.